The number of amides is 3. The van der Waals surface area contributed by atoms with E-state index in [2.05, 4.69) is 5.32 Å². The predicted octanol–water partition coefficient (Wildman–Crippen LogP) is -0.0202. The molecule has 1 N–H and O–H groups in total. The quantitative estimate of drug-likeness (QED) is 0.755. The molecular weight excluding hydrogens is 224 g/mol. The summed E-state index contributed by atoms with van der Waals surface area (Å²) in [5, 5.41) is 2.35. The summed E-state index contributed by atoms with van der Waals surface area (Å²) in [5.74, 6) is -0.385. The molecule has 2 rings (SSSR count). The van der Waals surface area contributed by atoms with Crippen molar-refractivity contribution in [2.24, 2.45) is 5.92 Å². The van der Waals surface area contributed by atoms with Crippen LogP contribution in [0.5, 0.6) is 0 Å². The van der Waals surface area contributed by atoms with E-state index >= 15 is 0 Å². The molecule has 2 heterocycles. The summed E-state index contributed by atoms with van der Waals surface area (Å²) in [4.78, 5) is 24.6. The number of hydrogen-bond acceptors (Lipinski definition) is 4. The molecule has 0 aromatic carbocycles. The number of ether oxygens (including phenoxy) is 2. The molecule has 2 aliphatic rings. The van der Waals surface area contributed by atoms with Gasteiger partial charge in [-0.25, -0.2) is 4.79 Å². The molecule has 0 spiro atoms. The minimum absolute atomic E-state index is 0.177. The van der Waals surface area contributed by atoms with E-state index in [4.69, 9.17) is 9.47 Å². The molecule has 3 amide bonds. The van der Waals surface area contributed by atoms with Gasteiger partial charge in [-0.1, -0.05) is 6.92 Å². The van der Waals surface area contributed by atoms with Gasteiger partial charge in [-0.15, -0.1) is 0 Å². The molecule has 6 heteroatoms. The lowest BCUT2D eigenvalue weighted by Gasteiger charge is -2.36. The number of methoxy groups -OCH3 is 1. The molecular formula is C11H18N2O4. The minimum atomic E-state index is -0.419. The second-order valence-electron chi connectivity index (χ2n) is 4.77. The van der Waals surface area contributed by atoms with Crippen LogP contribution in [0.15, 0.2) is 0 Å². The van der Waals surface area contributed by atoms with Gasteiger partial charge in [0.25, 0.3) is 0 Å². The number of hydrogen-bond donors (Lipinski definition) is 1. The van der Waals surface area contributed by atoms with Crippen molar-refractivity contribution in [3.63, 3.8) is 0 Å². The van der Waals surface area contributed by atoms with Crippen LogP contribution in [0, 0.1) is 5.92 Å². The lowest BCUT2D eigenvalue weighted by Crippen LogP contribution is -2.58. The maximum absolute atomic E-state index is 11.7. The van der Waals surface area contributed by atoms with Gasteiger partial charge in [0.1, 0.15) is 5.60 Å². The van der Waals surface area contributed by atoms with Crippen LogP contribution in [0.1, 0.15) is 13.3 Å². The highest BCUT2D eigenvalue weighted by atomic mass is 16.5. The number of urea groups is 1. The standard InChI is InChI=1S/C11H18N2O4/c1-8-5-13(10(15)12-9(8)14)6-11(16-2)3-4-17-7-11/h8H,3-7H2,1-2H3,(H,12,14,15). The van der Waals surface area contributed by atoms with Crippen molar-refractivity contribution in [2.45, 2.75) is 18.9 Å². The van der Waals surface area contributed by atoms with Gasteiger partial charge in [-0.05, 0) is 0 Å². The lowest BCUT2D eigenvalue weighted by atomic mass is 10.0. The van der Waals surface area contributed by atoms with Crippen LogP contribution >= 0.6 is 0 Å². The second kappa shape index (κ2) is 4.62. The number of nitrogens with one attached hydrogen (secondary N) is 1. The van der Waals surface area contributed by atoms with Crippen LogP contribution < -0.4 is 5.32 Å². The highest BCUT2D eigenvalue weighted by Gasteiger charge is 2.40. The first-order chi connectivity index (χ1) is 8.06. The Morgan fingerprint density at radius 1 is 1.59 bits per heavy atom. The lowest BCUT2D eigenvalue weighted by molar-refractivity contribution is -0.126. The van der Waals surface area contributed by atoms with Gasteiger partial charge in [-0.3, -0.25) is 10.1 Å². The Morgan fingerprint density at radius 3 is 2.94 bits per heavy atom. The van der Waals surface area contributed by atoms with E-state index in [1.165, 1.54) is 0 Å². The van der Waals surface area contributed by atoms with Gasteiger partial charge >= 0.3 is 6.03 Å². The summed E-state index contributed by atoms with van der Waals surface area (Å²) < 4.78 is 10.8. The molecule has 0 saturated carbocycles. The molecule has 6 nitrogen and oxygen atoms in total. The van der Waals surface area contributed by atoms with Crippen molar-refractivity contribution in [2.75, 3.05) is 33.4 Å². The average molecular weight is 242 g/mol. The molecule has 0 aromatic rings. The maximum atomic E-state index is 11.7. The van der Waals surface area contributed by atoms with Crippen LogP contribution in [-0.4, -0.2) is 55.9 Å². The summed E-state index contributed by atoms with van der Waals surface area (Å²) in [7, 11) is 1.63. The van der Waals surface area contributed by atoms with Crippen molar-refractivity contribution >= 4 is 11.9 Å². The molecule has 2 aliphatic heterocycles. The summed E-state index contributed by atoms with van der Waals surface area (Å²) in [5.41, 5.74) is -0.419. The Bertz CT molecular complexity index is 325. The fourth-order valence-electron chi connectivity index (χ4n) is 2.23. The first-order valence-electron chi connectivity index (χ1n) is 5.79. The fraction of sp³-hybridized carbons (Fsp3) is 0.818. The van der Waals surface area contributed by atoms with Gasteiger partial charge in [0.2, 0.25) is 5.91 Å². The first kappa shape index (κ1) is 12.3. The summed E-state index contributed by atoms with van der Waals surface area (Å²) in [6.07, 6.45) is 0.773. The molecule has 2 fully saturated rings. The zero-order valence-electron chi connectivity index (χ0n) is 10.2. The summed E-state index contributed by atoms with van der Waals surface area (Å²) >= 11 is 0. The molecule has 17 heavy (non-hydrogen) atoms. The topological polar surface area (TPSA) is 67.9 Å². The first-order valence-corrected chi connectivity index (χ1v) is 5.79. The molecule has 2 saturated heterocycles. The average Bonchev–Trinajstić information content (AvgIpc) is 2.75. The van der Waals surface area contributed by atoms with Crippen molar-refractivity contribution in [1.82, 2.24) is 10.2 Å². The SMILES string of the molecule is COC1(CN2CC(C)C(=O)NC2=O)CCOC1. The monoisotopic (exact) mass is 242 g/mol. The third kappa shape index (κ3) is 2.42. The molecule has 96 valence electrons. The molecule has 0 aliphatic carbocycles. The number of nitrogens with zero attached hydrogens (tertiary/aromatic N) is 1. The van der Waals surface area contributed by atoms with Gasteiger partial charge < -0.3 is 14.4 Å². The molecule has 0 aromatic heterocycles. The van der Waals surface area contributed by atoms with E-state index in [9.17, 15) is 9.59 Å². The Kier molecular flexibility index (Phi) is 3.35. The summed E-state index contributed by atoms with van der Waals surface area (Å²) in [6.45, 7) is 3.86. The predicted molar refractivity (Wildman–Crippen MR) is 59.5 cm³/mol. The van der Waals surface area contributed by atoms with Crippen molar-refractivity contribution in [3.8, 4) is 0 Å². The normalized spacial score (nSPS) is 34.0. The molecule has 2 atom stereocenters. The minimum Gasteiger partial charge on any atom is -0.378 e. The molecule has 0 radical (unpaired) electrons. The Balaban J connectivity index is 2.02. The van der Waals surface area contributed by atoms with E-state index in [0.717, 1.165) is 6.42 Å². The van der Waals surface area contributed by atoms with E-state index in [0.29, 0.717) is 26.3 Å². The molecule has 2 unspecified atom stereocenters. The van der Waals surface area contributed by atoms with Crippen molar-refractivity contribution in [3.05, 3.63) is 0 Å². The van der Waals surface area contributed by atoms with E-state index in [-0.39, 0.29) is 17.9 Å². The zero-order valence-corrected chi connectivity index (χ0v) is 10.2. The van der Waals surface area contributed by atoms with E-state index < -0.39 is 5.60 Å². The zero-order chi connectivity index (χ0) is 12.5. The number of imide groups is 1. The van der Waals surface area contributed by atoms with E-state index in [1.807, 2.05) is 0 Å². The molecule has 0 bridgehead atoms. The number of carbonyl (C=O) groups is 2. The van der Waals surface area contributed by atoms with Crippen LogP contribution in [0.4, 0.5) is 4.79 Å². The van der Waals surface area contributed by atoms with Crippen LogP contribution in [0.25, 0.3) is 0 Å². The van der Waals surface area contributed by atoms with Crippen LogP contribution in [-0.2, 0) is 14.3 Å². The Morgan fingerprint density at radius 2 is 2.35 bits per heavy atom. The van der Waals surface area contributed by atoms with Gasteiger partial charge in [-0.2, -0.15) is 0 Å². The number of carbonyl (C=O) groups excluding carboxylic acids is 2. The number of rotatable bonds is 3. The fourth-order valence-corrected chi connectivity index (χ4v) is 2.23. The van der Waals surface area contributed by atoms with Crippen LogP contribution in [0.3, 0.4) is 0 Å². The third-order valence-corrected chi connectivity index (χ3v) is 3.44. The second-order valence-corrected chi connectivity index (χ2v) is 4.77. The van der Waals surface area contributed by atoms with Crippen LogP contribution in [0.2, 0.25) is 0 Å². The van der Waals surface area contributed by atoms with Gasteiger partial charge in [0, 0.05) is 26.7 Å². The van der Waals surface area contributed by atoms with Gasteiger partial charge in [0.05, 0.1) is 19.1 Å². The summed E-state index contributed by atoms with van der Waals surface area (Å²) in [6, 6.07) is -0.337. The van der Waals surface area contributed by atoms with E-state index in [1.54, 1.807) is 18.9 Å². The van der Waals surface area contributed by atoms with Gasteiger partial charge in [0.15, 0.2) is 0 Å². The maximum Gasteiger partial charge on any atom is 0.324 e. The Hall–Kier alpha value is -1.14. The third-order valence-electron chi connectivity index (χ3n) is 3.44. The van der Waals surface area contributed by atoms with Crippen molar-refractivity contribution < 1.29 is 19.1 Å². The largest absolute Gasteiger partial charge is 0.378 e. The Labute approximate surface area is 100 Å². The highest BCUT2D eigenvalue weighted by molar-refractivity contribution is 5.97. The van der Waals surface area contributed by atoms with Crippen molar-refractivity contribution in [1.29, 1.82) is 0 Å². The highest BCUT2D eigenvalue weighted by Crippen LogP contribution is 2.25. The smallest absolute Gasteiger partial charge is 0.324 e.